The van der Waals surface area contributed by atoms with Gasteiger partial charge in [0.1, 0.15) is 10.7 Å². The molecule has 0 atom stereocenters. The van der Waals surface area contributed by atoms with E-state index < -0.39 is 0 Å². The summed E-state index contributed by atoms with van der Waals surface area (Å²) in [6, 6.07) is 9.86. The number of carbonyl (C=O) groups is 1. The first-order valence-electron chi connectivity index (χ1n) is 9.17. The highest BCUT2D eigenvalue weighted by atomic mass is 32.1. The summed E-state index contributed by atoms with van der Waals surface area (Å²) in [4.78, 5) is 34.6. The van der Waals surface area contributed by atoms with Gasteiger partial charge in [0.05, 0.1) is 11.0 Å². The van der Waals surface area contributed by atoms with E-state index in [1.807, 2.05) is 55.9 Å². The summed E-state index contributed by atoms with van der Waals surface area (Å²) in [5.41, 5.74) is 3.28. The molecule has 5 rings (SSSR count). The molecule has 0 saturated carbocycles. The summed E-state index contributed by atoms with van der Waals surface area (Å²) < 4.78 is 1.84. The number of hydrogen-bond acceptors (Lipinski definition) is 5. The molecule has 4 aromatic rings. The summed E-state index contributed by atoms with van der Waals surface area (Å²) >= 11 is 3.12. The summed E-state index contributed by atoms with van der Waals surface area (Å²) in [7, 11) is 0. The number of thiazole rings is 1. The molecule has 4 heterocycles. The largest absolute Gasteiger partial charge is 0.337 e. The van der Waals surface area contributed by atoms with E-state index in [0.29, 0.717) is 18.8 Å². The Labute approximate surface area is 169 Å². The maximum Gasteiger partial charge on any atom is 0.326 e. The van der Waals surface area contributed by atoms with Gasteiger partial charge in [-0.3, -0.25) is 9.36 Å². The molecule has 0 unspecified atom stereocenters. The molecule has 0 aliphatic carbocycles. The minimum absolute atomic E-state index is 0.0255. The van der Waals surface area contributed by atoms with Crippen molar-refractivity contribution in [3.8, 4) is 10.6 Å². The van der Waals surface area contributed by atoms with Crippen molar-refractivity contribution >= 4 is 39.6 Å². The predicted octanol–water partition coefficient (Wildman–Crippen LogP) is 3.99. The number of amides is 1. The molecule has 1 amide bonds. The SMILES string of the molecule is O=C(c1csc(-c2ccsc2)n1)N1CCC(n2c(=O)[nH]c3ccccc32)CC1. The summed E-state index contributed by atoms with van der Waals surface area (Å²) in [6.45, 7) is 1.25. The van der Waals surface area contributed by atoms with Gasteiger partial charge >= 0.3 is 5.69 Å². The average Bonchev–Trinajstić information content (AvgIpc) is 3.46. The molecule has 3 aromatic heterocycles. The van der Waals surface area contributed by atoms with E-state index in [9.17, 15) is 9.59 Å². The molecule has 1 N–H and O–H groups in total. The number of thiophene rings is 1. The number of likely N-dealkylation sites (tertiary alicyclic amines) is 1. The van der Waals surface area contributed by atoms with E-state index in [1.54, 1.807) is 11.3 Å². The van der Waals surface area contributed by atoms with Crippen LogP contribution in [0, 0.1) is 0 Å². The zero-order valence-electron chi connectivity index (χ0n) is 15.0. The lowest BCUT2D eigenvalue weighted by Crippen LogP contribution is -2.40. The number of fused-ring (bicyclic) bond motifs is 1. The van der Waals surface area contributed by atoms with Crippen LogP contribution in [-0.2, 0) is 0 Å². The Bertz CT molecular complexity index is 1180. The number of rotatable bonds is 3. The minimum atomic E-state index is -0.0779. The molecule has 0 radical (unpaired) electrons. The fourth-order valence-corrected chi connectivity index (χ4v) is 5.32. The smallest absolute Gasteiger partial charge is 0.326 e. The molecule has 6 nitrogen and oxygen atoms in total. The molecule has 1 aliphatic rings. The number of nitrogens with one attached hydrogen (secondary N) is 1. The molecule has 0 spiro atoms. The van der Waals surface area contributed by atoms with Crippen LogP contribution >= 0.6 is 22.7 Å². The molecule has 142 valence electrons. The van der Waals surface area contributed by atoms with Crippen LogP contribution in [0.15, 0.2) is 51.3 Å². The number of benzene rings is 1. The van der Waals surface area contributed by atoms with Crippen molar-refractivity contribution in [3.63, 3.8) is 0 Å². The van der Waals surface area contributed by atoms with Crippen LogP contribution in [0.5, 0.6) is 0 Å². The number of para-hydroxylation sites is 2. The highest BCUT2D eigenvalue weighted by molar-refractivity contribution is 7.14. The molecule has 1 fully saturated rings. The molecular weight excluding hydrogens is 392 g/mol. The molecule has 1 saturated heterocycles. The van der Waals surface area contributed by atoms with Gasteiger partial charge in [-0.25, -0.2) is 9.78 Å². The van der Waals surface area contributed by atoms with E-state index in [1.165, 1.54) is 11.3 Å². The van der Waals surface area contributed by atoms with Crippen molar-refractivity contribution in [3.05, 3.63) is 62.7 Å². The zero-order chi connectivity index (χ0) is 19.1. The maximum absolute atomic E-state index is 12.9. The molecule has 8 heteroatoms. The number of nitrogens with zero attached hydrogens (tertiary/aromatic N) is 3. The normalized spacial score (nSPS) is 15.4. The third-order valence-corrected chi connectivity index (χ3v) is 6.81. The lowest BCUT2D eigenvalue weighted by Gasteiger charge is -2.32. The molecule has 28 heavy (non-hydrogen) atoms. The number of aromatic nitrogens is 3. The van der Waals surface area contributed by atoms with Crippen LogP contribution < -0.4 is 5.69 Å². The Morgan fingerprint density at radius 1 is 1.14 bits per heavy atom. The van der Waals surface area contributed by atoms with Crippen LogP contribution in [0.2, 0.25) is 0 Å². The standard InChI is InChI=1S/C20H18N4O2S2/c25-19(16-12-28-18(21-16)13-7-10-27-11-13)23-8-5-14(6-9-23)24-17-4-2-1-3-15(17)22-20(24)26/h1-4,7,10-12,14H,5-6,8-9H2,(H,22,26). The Kier molecular flexibility index (Phi) is 4.37. The molecule has 1 aromatic carbocycles. The third kappa shape index (κ3) is 2.98. The van der Waals surface area contributed by atoms with Crippen LogP contribution in [0.25, 0.3) is 21.6 Å². The zero-order valence-corrected chi connectivity index (χ0v) is 16.6. The van der Waals surface area contributed by atoms with Crippen molar-refractivity contribution in [2.45, 2.75) is 18.9 Å². The van der Waals surface area contributed by atoms with Gasteiger partial charge in [0.15, 0.2) is 0 Å². The minimum Gasteiger partial charge on any atom is -0.337 e. The summed E-state index contributed by atoms with van der Waals surface area (Å²) in [6.07, 6.45) is 1.52. The van der Waals surface area contributed by atoms with Crippen LogP contribution in [0.4, 0.5) is 0 Å². The van der Waals surface area contributed by atoms with Crippen molar-refractivity contribution in [2.75, 3.05) is 13.1 Å². The number of hydrogen-bond donors (Lipinski definition) is 1. The fraction of sp³-hybridized carbons (Fsp3) is 0.250. The second-order valence-electron chi connectivity index (χ2n) is 6.89. The first kappa shape index (κ1) is 17.4. The monoisotopic (exact) mass is 410 g/mol. The van der Waals surface area contributed by atoms with Gasteiger partial charge in [0, 0.05) is 35.5 Å². The molecular formula is C20H18N4O2S2. The number of piperidine rings is 1. The first-order valence-corrected chi connectivity index (χ1v) is 11.0. The van der Waals surface area contributed by atoms with Gasteiger partial charge in [-0.15, -0.1) is 11.3 Å². The van der Waals surface area contributed by atoms with Crippen LogP contribution in [-0.4, -0.2) is 38.4 Å². The van der Waals surface area contributed by atoms with Gasteiger partial charge in [-0.05, 0) is 36.4 Å². The van der Waals surface area contributed by atoms with E-state index >= 15 is 0 Å². The number of carbonyl (C=O) groups excluding carboxylic acids is 1. The lowest BCUT2D eigenvalue weighted by molar-refractivity contribution is 0.0690. The second kappa shape index (κ2) is 7.03. The highest BCUT2D eigenvalue weighted by Crippen LogP contribution is 2.28. The van der Waals surface area contributed by atoms with Crippen molar-refractivity contribution in [1.82, 2.24) is 19.4 Å². The van der Waals surface area contributed by atoms with E-state index in [0.717, 1.165) is 34.4 Å². The summed E-state index contributed by atoms with van der Waals surface area (Å²) in [5, 5.41) is 6.77. The first-order chi connectivity index (χ1) is 13.7. The number of aromatic amines is 1. The van der Waals surface area contributed by atoms with Crippen LogP contribution in [0.3, 0.4) is 0 Å². The molecule has 1 aliphatic heterocycles. The highest BCUT2D eigenvalue weighted by Gasteiger charge is 2.27. The van der Waals surface area contributed by atoms with Gasteiger partial charge in [0.2, 0.25) is 0 Å². The Balaban J connectivity index is 1.31. The Morgan fingerprint density at radius 3 is 2.75 bits per heavy atom. The van der Waals surface area contributed by atoms with E-state index in [2.05, 4.69) is 9.97 Å². The number of H-pyrrole nitrogens is 1. The maximum atomic E-state index is 12.9. The van der Waals surface area contributed by atoms with E-state index in [4.69, 9.17) is 0 Å². The van der Waals surface area contributed by atoms with Gasteiger partial charge in [-0.2, -0.15) is 11.3 Å². The fourth-order valence-electron chi connectivity index (χ4n) is 3.82. The third-order valence-electron chi connectivity index (χ3n) is 5.23. The van der Waals surface area contributed by atoms with Crippen molar-refractivity contribution in [2.24, 2.45) is 0 Å². The lowest BCUT2D eigenvalue weighted by atomic mass is 10.0. The van der Waals surface area contributed by atoms with Gasteiger partial charge in [0.25, 0.3) is 5.91 Å². The van der Waals surface area contributed by atoms with Crippen LogP contribution in [0.1, 0.15) is 29.4 Å². The number of imidazole rings is 1. The average molecular weight is 411 g/mol. The van der Waals surface area contributed by atoms with Gasteiger partial charge in [-0.1, -0.05) is 12.1 Å². The molecule has 0 bridgehead atoms. The topological polar surface area (TPSA) is 71.0 Å². The quantitative estimate of drug-likeness (QED) is 0.555. The van der Waals surface area contributed by atoms with Crippen molar-refractivity contribution in [1.29, 1.82) is 0 Å². The van der Waals surface area contributed by atoms with Crippen molar-refractivity contribution < 1.29 is 4.79 Å². The summed E-state index contributed by atoms with van der Waals surface area (Å²) in [5.74, 6) is -0.0255. The Morgan fingerprint density at radius 2 is 1.96 bits per heavy atom. The second-order valence-corrected chi connectivity index (χ2v) is 8.53. The predicted molar refractivity (Wildman–Crippen MR) is 112 cm³/mol. The Hall–Kier alpha value is -2.71. The van der Waals surface area contributed by atoms with E-state index in [-0.39, 0.29) is 17.6 Å². The van der Waals surface area contributed by atoms with Gasteiger partial charge < -0.3 is 9.88 Å².